The fourth-order valence-electron chi connectivity index (χ4n) is 1.96. The molecule has 0 aliphatic carbocycles. The maximum absolute atomic E-state index is 13.0. The van der Waals surface area contributed by atoms with Crippen LogP contribution in [0.3, 0.4) is 0 Å². The van der Waals surface area contributed by atoms with E-state index < -0.39 is 43.9 Å². The maximum atomic E-state index is 13.0. The number of hydrogen-bond donors (Lipinski definition) is 1. The molecule has 1 aromatic rings. The molecule has 1 saturated heterocycles. The molecule has 11 heteroatoms. The summed E-state index contributed by atoms with van der Waals surface area (Å²) in [7, 11) is -3.26. The Morgan fingerprint density at radius 3 is 2.33 bits per heavy atom. The second-order valence-electron chi connectivity index (χ2n) is 4.52. The summed E-state index contributed by atoms with van der Waals surface area (Å²) in [6.07, 6.45) is -4.81. The van der Waals surface area contributed by atoms with E-state index in [2.05, 4.69) is 21.2 Å². The molecule has 1 aliphatic rings. The Morgan fingerprint density at radius 1 is 1.33 bits per heavy atom. The van der Waals surface area contributed by atoms with Crippen molar-refractivity contribution >= 4 is 37.1 Å². The van der Waals surface area contributed by atoms with E-state index in [9.17, 15) is 31.7 Å². The Bertz CT molecular complexity index is 693. The summed E-state index contributed by atoms with van der Waals surface area (Å²) < 4.78 is 61.0. The molecule has 21 heavy (non-hydrogen) atoms. The molecule has 0 aromatic heterocycles. The molecule has 1 aromatic carbocycles. The quantitative estimate of drug-likeness (QED) is 0.634. The highest BCUT2D eigenvalue weighted by atomic mass is 79.9. The van der Waals surface area contributed by atoms with Gasteiger partial charge in [0.25, 0.3) is 5.69 Å². The maximum Gasteiger partial charge on any atom is 0.418 e. The topological polar surface area (TPSA) is 89.3 Å². The lowest BCUT2D eigenvalue weighted by Gasteiger charge is -2.28. The largest absolute Gasteiger partial charge is 0.418 e. The minimum atomic E-state index is -4.81. The van der Waals surface area contributed by atoms with Gasteiger partial charge in [-0.15, -0.1) is 0 Å². The summed E-state index contributed by atoms with van der Waals surface area (Å²) in [6, 6.07) is 0.878. The lowest BCUT2D eigenvalue weighted by Crippen LogP contribution is -2.46. The van der Waals surface area contributed by atoms with Crippen LogP contribution in [0.15, 0.2) is 16.6 Å². The Hall–Kier alpha value is -1.36. The van der Waals surface area contributed by atoms with Crippen LogP contribution in [0, 0.1) is 10.1 Å². The minimum Gasteiger partial charge on any atom is -0.374 e. The SMILES string of the molecule is O=[N+]([O-])c1cc(Br)cc(C(F)(F)F)c1NC1CS(=O)(=O)C1. The van der Waals surface area contributed by atoms with Gasteiger partial charge >= 0.3 is 6.18 Å². The summed E-state index contributed by atoms with van der Waals surface area (Å²) in [4.78, 5) is 9.98. The summed E-state index contributed by atoms with van der Waals surface area (Å²) in [6.45, 7) is 0. The lowest BCUT2D eigenvalue weighted by molar-refractivity contribution is -0.384. The van der Waals surface area contributed by atoms with Gasteiger partial charge < -0.3 is 5.32 Å². The van der Waals surface area contributed by atoms with Crippen molar-refractivity contribution in [2.24, 2.45) is 0 Å². The number of rotatable bonds is 3. The fourth-order valence-corrected chi connectivity index (χ4v) is 3.70. The highest BCUT2D eigenvalue weighted by Gasteiger charge is 2.41. The monoisotopic (exact) mass is 388 g/mol. The van der Waals surface area contributed by atoms with E-state index in [1.54, 1.807) is 0 Å². The van der Waals surface area contributed by atoms with E-state index in [1.165, 1.54) is 0 Å². The molecule has 1 heterocycles. The molecule has 2 rings (SSSR count). The number of nitrogens with zero attached hydrogens (tertiary/aromatic N) is 1. The number of benzene rings is 1. The van der Waals surface area contributed by atoms with Crippen LogP contribution in [0.5, 0.6) is 0 Å². The van der Waals surface area contributed by atoms with E-state index in [-0.39, 0.29) is 16.0 Å². The predicted octanol–water partition coefficient (Wildman–Crippen LogP) is 2.59. The van der Waals surface area contributed by atoms with Crippen LogP contribution in [-0.4, -0.2) is 30.9 Å². The molecule has 0 unspecified atom stereocenters. The molecule has 0 bridgehead atoms. The van der Waals surface area contributed by atoms with Gasteiger partial charge in [-0.25, -0.2) is 8.42 Å². The highest BCUT2D eigenvalue weighted by Crippen LogP contribution is 2.42. The van der Waals surface area contributed by atoms with E-state index in [1.807, 2.05) is 0 Å². The van der Waals surface area contributed by atoms with Gasteiger partial charge in [-0.1, -0.05) is 15.9 Å². The molecule has 1 aliphatic heterocycles. The summed E-state index contributed by atoms with van der Waals surface area (Å²) >= 11 is 2.80. The van der Waals surface area contributed by atoms with Gasteiger partial charge in [0, 0.05) is 10.5 Å². The van der Waals surface area contributed by atoms with Crippen LogP contribution in [0.2, 0.25) is 0 Å². The van der Waals surface area contributed by atoms with Gasteiger partial charge in [0.2, 0.25) is 0 Å². The minimum absolute atomic E-state index is 0.0895. The molecule has 0 spiro atoms. The van der Waals surface area contributed by atoms with Crippen molar-refractivity contribution in [2.45, 2.75) is 12.2 Å². The van der Waals surface area contributed by atoms with Gasteiger partial charge in [-0.2, -0.15) is 13.2 Å². The summed E-state index contributed by atoms with van der Waals surface area (Å²) in [5, 5.41) is 13.3. The number of anilines is 1. The highest BCUT2D eigenvalue weighted by molar-refractivity contribution is 9.10. The van der Waals surface area contributed by atoms with Crippen LogP contribution in [-0.2, 0) is 16.0 Å². The van der Waals surface area contributed by atoms with Crippen molar-refractivity contribution in [1.29, 1.82) is 0 Å². The van der Waals surface area contributed by atoms with Crippen molar-refractivity contribution < 1.29 is 26.5 Å². The molecular weight excluding hydrogens is 381 g/mol. The predicted molar refractivity (Wildman–Crippen MR) is 71.9 cm³/mol. The molecule has 1 fully saturated rings. The zero-order valence-electron chi connectivity index (χ0n) is 10.1. The molecule has 0 amide bonds. The first-order chi connectivity index (χ1) is 9.49. The van der Waals surface area contributed by atoms with Crippen molar-refractivity contribution in [1.82, 2.24) is 0 Å². The number of halogens is 4. The third-order valence-electron chi connectivity index (χ3n) is 2.84. The summed E-state index contributed by atoms with van der Waals surface area (Å²) in [5.41, 5.74) is -2.69. The first kappa shape index (κ1) is 16.0. The second-order valence-corrected chi connectivity index (χ2v) is 7.59. The number of nitrogens with one attached hydrogen (secondary N) is 1. The Balaban J connectivity index is 2.48. The van der Waals surface area contributed by atoms with Crippen LogP contribution >= 0.6 is 15.9 Å². The molecule has 0 atom stereocenters. The average molecular weight is 389 g/mol. The Kier molecular flexibility index (Phi) is 3.91. The number of alkyl halides is 3. The average Bonchev–Trinajstić information content (AvgIpc) is 2.26. The first-order valence-electron chi connectivity index (χ1n) is 5.52. The molecule has 6 nitrogen and oxygen atoms in total. The van der Waals surface area contributed by atoms with Gasteiger partial charge in [-0.05, 0) is 6.07 Å². The molecular formula is C10H8BrF3N2O4S. The first-order valence-corrected chi connectivity index (χ1v) is 8.13. The van der Waals surface area contributed by atoms with Crippen molar-refractivity contribution in [3.63, 3.8) is 0 Å². The molecule has 0 saturated carbocycles. The van der Waals surface area contributed by atoms with Gasteiger partial charge in [0.15, 0.2) is 9.84 Å². The lowest BCUT2D eigenvalue weighted by atomic mass is 10.1. The third-order valence-corrected chi connectivity index (χ3v) is 5.12. The molecule has 1 N–H and O–H groups in total. The second kappa shape index (κ2) is 5.13. The number of nitro benzene ring substituents is 1. The van der Waals surface area contributed by atoms with E-state index in [4.69, 9.17) is 0 Å². The smallest absolute Gasteiger partial charge is 0.374 e. The van der Waals surface area contributed by atoms with Crippen LogP contribution in [0.4, 0.5) is 24.5 Å². The molecule has 0 radical (unpaired) electrons. The van der Waals surface area contributed by atoms with Gasteiger partial charge in [-0.3, -0.25) is 10.1 Å². The molecule has 116 valence electrons. The fraction of sp³-hybridized carbons (Fsp3) is 0.400. The normalized spacial score (nSPS) is 18.1. The number of nitro groups is 1. The zero-order chi connectivity index (χ0) is 16.0. The Morgan fingerprint density at radius 2 is 1.90 bits per heavy atom. The third kappa shape index (κ3) is 3.46. The van der Waals surface area contributed by atoms with Gasteiger partial charge in [0.1, 0.15) is 5.69 Å². The van der Waals surface area contributed by atoms with Crippen molar-refractivity contribution in [3.05, 3.63) is 32.3 Å². The zero-order valence-corrected chi connectivity index (χ0v) is 12.5. The number of hydrogen-bond acceptors (Lipinski definition) is 5. The van der Waals surface area contributed by atoms with E-state index in [0.717, 1.165) is 6.07 Å². The number of sulfone groups is 1. The van der Waals surface area contributed by atoms with Crippen LogP contribution in [0.1, 0.15) is 5.56 Å². The van der Waals surface area contributed by atoms with Gasteiger partial charge in [0.05, 0.1) is 28.0 Å². The van der Waals surface area contributed by atoms with Crippen LogP contribution in [0.25, 0.3) is 0 Å². The van der Waals surface area contributed by atoms with E-state index in [0.29, 0.717) is 6.07 Å². The standard InChI is InChI=1S/C10H8BrF3N2O4S/c11-5-1-7(10(12,13)14)9(8(2-5)16(17)18)15-6-3-21(19,20)4-6/h1-2,6,15H,3-4H2. The van der Waals surface area contributed by atoms with Crippen LogP contribution < -0.4 is 5.32 Å². The van der Waals surface area contributed by atoms with Crippen molar-refractivity contribution in [3.8, 4) is 0 Å². The van der Waals surface area contributed by atoms with Crippen molar-refractivity contribution in [2.75, 3.05) is 16.8 Å². The Labute approximate surface area is 125 Å². The van der Waals surface area contributed by atoms with E-state index >= 15 is 0 Å². The summed E-state index contributed by atoms with van der Waals surface area (Å²) in [5.74, 6) is -0.699.